The highest BCUT2D eigenvalue weighted by Crippen LogP contribution is 2.09. The summed E-state index contributed by atoms with van der Waals surface area (Å²) in [5.74, 6) is -0.158. The van der Waals surface area contributed by atoms with Crippen LogP contribution in [0, 0.1) is 0 Å². The van der Waals surface area contributed by atoms with Crippen LogP contribution in [0.25, 0.3) is 0 Å². The predicted octanol–water partition coefficient (Wildman–Crippen LogP) is 2.46. The average Bonchev–Trinajstić information content (AvgIpc) is 2.38. The lowest BCUT2D eigenvalue weighted by atomic mass is 10.0. The molecule has 1 aromatic carbocycles. The first-order chi connectivity index (χ1) is 8.65. The van der Waals surface area contributed by atoms with Crippen LogP contribution in [0.2, 0.25) is 0 Å². The number of benzene rings is 1. The van der Waals surface area contributed by atoms with Crippen LogP contribution in [0.5, 0.6) is 0 Å². The number of aryl methyl sites for hydroxylation is 1. The van der Waals surface area contributed by atoms with Crippen LogP contribution in [0.3, 0.4) is 0 Å². The van der Waals surface area contributed by atoms with E-state index in [0.717, 1.165) is 12.8 Å². The molecule has 0 spiro atoms. The van der Waals surface area contributed by atoms with Gasteiger partial charge in [-0.25, -0.2) is 0 Å². The van der Waals surface area contributed by atoms with Crippen molar-refractivity contribution < 1.29 is 9.53 Å². The maximum Gasteiger partial charge on any atom is 0.305 e. The molecule has 0 saturated heterocycles. The molecule has 0 saturated carbocycles. The summed E-state index contributed by atoms with van der Waals surface area (Å²) < 4.78 is 4.88. The van der Waals surface area contributed by atoms with Crippen molar-refractivity contribution in [3.8, 4) is 0 Å². The van der Waals surface area contributed by atoms with E-state index in [-0.39, 0.29) is 12.0 Å². The van der Waals surface area contributed by atoms with E-state index >= 15 is 0 Å². The Morgan fingerprint density at radius 3 is 2.39 bits per heavy atom. The van der Waals surface area contributed by atoms with Crippen molar-refractivity contribution in [3.05, 3.63) is 35.4 Å². The molecular weight excluding hydrogens is 226 g/mol. The lowest BCUT2D eigenvalue weighted by Gasteiger charge is -2.11. The van der Waals surface area contributed by atoms with Gasteiger partial charge >= 0.3 is 5.97 Å². The van der Waals surface area contributed by atoms with Crippen LogP contribution in [-0.2, 0) is 22.4 Å². The van der Waals surface area contributed by atoms with Gasteiger partial charge in [-0.2, -0.15) is 0 Å². The molecule has 1 aromatic rings. The molecule has 0 radical (unpaired) electrons. The number of rotatable bonds is 7. The van der Waals surface area contributed by atoms with Gasteiger partial charge in [0.25, 0.3) is 0 Å². The lowest BCUT2D eigenvalue weighted by Crippen LogP contribution is -2.24. The summed E-state index contributed by atoms with van der Waals surface area (Å²) in [6, 6.07) is 8.51. The molecule has 18 heavy (non-hydrogen) atoms. The molecule has 3 heteroatoms. The second-order valence-electron chi connectivity index (χ2n) is 4.48. The third-order valence-corrected chi connectivity index (χ3v) is 2.95. The highest BCUT2D eigenvalue weighted by atomic mass is 16.5. The van der Waals surface area contributed by atoms with E-state index in [1.54, 1.807) is 0 Å². The zero-order chi connectivity index (χ0) is 13.4. The Hall–Kier alpha value is -1.35. The summed E-state index contributed by atoms with van der Waals surface area (Å²) in [6.07, 6.45) is 2.94. The number of ether oxygens (including phenoxy) is 1. The van der Waals surface area contributed by atoms with Crippen molar-refractivity contribution in [1.82, 2.24) is 0 Å². The SMILES string of the molecule is CCOC(=O)CCC(N)Cc1ccc(CC)cc1. The third kappa shape index (κ3) is 5.32. The fraction of sp³-hybridized carbons (Fsp3) is 0.533. The molecule has 0 amide bonds. The minimum atomic E-state index is -0.158. The van der Waals surface area contributed by atoms with Gasteiger partial charge in [-0.15, -0.1) is 0 Å². The Balaban J connectivity index is 2.34. The first-order valence-electron chi connectivity index (χ1n) is 6.64. The maximum absolute atomic E-state index is 11.2. The van der Waals surface area contributed by atoms with Crippen LogP contribution in [-0.4, -0.2) is 18.6 Å². The van der Waals surface area contributed by atoms with E-state index in [2.05, 4.69) is 31.2 Å². The van der Waals surface area contributed by atoms with Crippen molar-refractivity contribution >= 4 is 5.97 Å². The first kappa shape index (κ1) is 14.7. The Kier molecular flexibility index (Phi) is 6.44. The van der Waals surface area contributed by atoms with Crippen molar-refractivity contribution in [2.45, 2.75) is 45.6 Å². The fourth-order valence-corrected chi connectivity index (χ4v) is 1.85. The molecule has 1 unspecified atom stereocenters. The van der Waals surface area contributed by atoms with Gasteiger partial charge in [0.2, 0.25) is 0 Å². The number of nitrogens with two attached hydrogens (primary N) is 1. The van der Waals surface area contributed by atoms with E-state index < -0.39 is 0 Å². The monoisotopic (exact) mass is 249 g/mol. The van der Waals surface area contributed by atoms with Gasteiger partial charge in [-0.05, 0) is 37.3 Å². The molecular formula is C15H23NO2. The molecule has 2 N–H and O–H groups in total. The van der Waals surface area contributed by atoms with Gasteiger partial charge in [0.15, 0.2) is 0 Å². The molecule has 0 fully saturated rings. The molecule has 100 valence electrons. The second kappa shape index (κ2) is 7.88. The van der Waals surface area contributed by atoms with E-state index in [4.69, 9.17) is 10.5 Å². The van der Waals surface area contributed by atoms with Crippen molar-refractivity contribution in [2.75, 3.05) is 6.61 Å². The highest BCUT2D eigenvalue weighted by molar-refractivity contribution is 5.69. The highest BCUT2D eigenvalue weighted by Gasteiger charge is 2.08. The van der Waals surface area contributed by atoms with Gasteiger partial charge in [-0.1, -0.05) is 31.2 Å². The summed E-state index contributed by atoms with van der Waals surface area (Å²) in [7, 11) is 0. The Morgan fingerprint density at radius 1 is 1.22 bits per heavy atom. The number of carbonyl (C=O) groups is 1. The largest absolute Gasteiger partial charge is 0.466 e. The third-order valence-electron chi connectivity index (χ3n) is 2.95. The summed E-state index contributed by atoms with van der Waals surface area (Å²) in [4.78, 5) is 11.2. The van der Waals surface area contributed by atoms with Crippen LogP contribution in [0.15, 0.2) is 24.3 Å². The maximum atomic E-state index is 11.2. The van der Waals surface area contributed by atoms with Gasteiger partial charge in [-0.3, -0.25) is 4.79 Å². The minimum Gasteiger partial charge on any atom is -0.466 e. The van der Waals surface area contributed by atoms with E-state index in [0.29, 0.717) is 19.4 Å². The van der Waals surface area contributed by atoms with Gasteiger partial charge < -0.3 is 10.5 Å². The molecule has 0 aliphatic heterocycles. The molecule has 1 rings (SSSR count). The normalized spacial score (nSPS) is 12.2. The summed E-state index contributed by atoms with van der Waals surface area (Å²) in [5.41, 5.74) is 8.57. The van der Waals surface area contributed by atoms with Crippen LogP contribution >= 0.6 is 0 Å². The van der Waals surface area contributed by atoms with Crippen LogP contribution in [0.4, 0.5) is 0 Å². The van der Waals surface area contributed by atoms with Gasteiger partial charge in [0, 0.05) is 12.5 Å². The summed E-state index contributed by atoms with van der Waals surface area (Å²) >= 11 is 0. The van der Waals surface area contributed by atoms with Crippen molar-refractivity contribution in [1.29, 1.82) is 0 Å². The predicted molar refractivity (Wildman–Crippen MR) is 73.4 cm³/mol. The van der Waals surface area contributed by atoms with Crippen LogP contribution in [0.1, 0.15) is 37.8 Å². The second-order valence-corrected chi connectivity index (χ2v) is 4.48. The molecule has 0 aliphatic rings. The molecule has 0 heterocycles. The zero-order valence-corrected chi connectivity index (χ0v) is 11.3. The standard InChI is InChI=1S/C15H23NO2/c1-3-12-5-7-13(8-6-12)11-14(16)9-10-15(17)18-4-2/h5-8,14H,3-4,9-11,16H2,1-2H3. The zero-order valence-electron chi connectivity index (χ0n) is 11.3. The Labute approximate surface area is 109 Å². The van der Waals surface area contributed by atoms with Gasteiger partial charge in [0.1, 0.15) is 0 Å². The Morgan fingerprint density at radius 2 is 1.83 bits per heavy atom. The van der Waals surface area contributed by atoms with E-state index in [9.17, 15) is 4.79 Å². The number of carbonyl (C=O) groups excluding carboxylic acids is 1. The summed E-state index contributed by atoms with van der Waals surface area (Å²) in [5, 5.41) is 0. The van der Waals surface area contributed by atoms with Crippen molar-refractivity contribution in [3.63, 3.8) is 0 Å². The van der Waals surface area contributed by atoms with Crippen molar-refractivity contribution in [2.24, 2.45) is 5.73 Å². The van der Waals surface area contributed by atoms with Gasteiger partial charge in [0.05, 0.1) is 6.61 Å². The number of hydrogen-bond acceptors (Lipinski definition) is 3. The fourth-order valence-electron chi connectivity index (χ4n) is 1.85. The quantitative estimate of drug-likeness (QED) is 0.755. The lowest BCUT2D eigenvalue weighted by molar-refractivity contribution is -0.143. The molecule has 0 aromatic heterocycles. The van der Waals surface area contributed by atoms with Crippen LogP contribution < -0.4 is 5.73 Å². The average molecular weight is 249 g/mol. The molecule has 0 aliphatic carbocycles. The first-order valence-corrected chi connectivity index (χ1v) is 6.64. The van der Waals surface area contributed by atoms with E-state index in [1.165, 1.54) is 11.1 Å². The molecule has 1 atom stereocenters. The number of hydrogen-bond donors (Lipinski definition) is 1. The van der Waals surface area contributed by atoms with E-state index in [1.807, 2.05) is 6.92 Å². The topological polar surface area (TPSA) is 52.3 Å². The molecule has 0 bridgehead atoms. The Bertz CT molecular complexity index is 359. The summed E-state index contributed by atoms with van der Waals surface area (Å²) in [6.45, 7) is 4.39. The minimum absolute atomic E-state index is 0.0156. The number of esters is 1. The molecule has 3 nitrogen and oxygen atoms in total. The smallest absolute Gasteiger partial charge is 0.305 e.